The molecule has 0 fully saturated rings. The van der Waals surface area contributed by atoms with Crippen molar-refractivity contribution in [2.45, 2.75) is 175 Å². The summed E-state index contributed by atoms with van der Waals surface area (Å²) in [5.41, 5.74) is 0. The van der Waals surface area contributed by atoms with Crippen LogP contribution in [0.3, 0.4) is 0 Å². The van der Waals surface area contributed by atoms with Crippen LogP contribution in [0.25, 0.3) is 0 Å². The molecule has 0 aliphatic heterocycles. The lowest BCUT2D eigenvalue weighted by Gasteiger charge is -2.27. The zero-order chi connectivity index (χ0) is 28.8. The minimum absolute atomic E-state index is 0.849. The Morgan fingerprint density at radius 2 is 0.528 bits per heavy atom. The lowest BCUT2D eigenvalue weighted by Crippen LogP contribution is -2.16. The normalized spacial score (nSPS) is 16.7. The Morgan fingerprint density at radius 1 is 0.306 bits per heavy atom. The van der Waals surface area contributed by atoms with Crippen LogP contribution in [0.5, 0.6) is 0 Å². The number of hydrogen-bond donors (Lipinski definition) is 0. The summed E-state index contributed by atoms with van der Waals surface area (Å²) in [6.07, 6.45) is 13.9. The highest BCUT2D eigenvalue weighted by Gasteiger charge is 2.19. The maximum absolute atomic E-state index is 2.46. The average molecular weight is 511 g/mol. The molecule has 0 spiro atoms. The van der Waals surface area contributed by atoms with Gasteiger partial charge in [0.05, 0.1) is 0 Å². The van der Waals surface area contributed by atoms with Crippen molar-refractivity contribution >= 4 is 0 Å². The predicted molar refractivity (Wildman–Crippen MR) is 172 cm³/mol. The van der Waals surface area contributed by atoms with E-state index in [9.17, 15) is 0 Å². The molecule has 0 heterocycles. The van der Waals surface area contributed by atoms with E-state index in [1.807, 2.05) is 0 Å². The molecule has 0 rings (SSSR count). The third-order valence-corrected chi connectivity index (χ3v) is 7.58. The minimum Gasteiger partial charge on any atom is -0.0654 e. The summed E-state index contributed by atoms with van der Waals surface area (Å²) in [5.74, 6) is 8.89. The van der Waals surface area contributed by atoms with Crippen molar-refractivity contribution in [2.24, 2.45) is 59.2 Å². The lowest BCUT2D eigenvalue weighted by atomic mass is 9.79. The smallest absolute Gasteiger partial charge is 0.0414 e. The van der Waals surface area contributed by atoms with Gasteiger partial charge in [-0.05, 0) is 97.7 Å². The van der Waals surface area contributed by atoms with Gasteiger partial charge in [0, 0.05) is 0 Å². The van der Waals surface area contributed by atoms with E-state index in [1.165, 1.54) is 64.2 Å². The van der Waals surface area contributed by atoms with E-state index < -0.39 is 0 Å². The van der Waals surface area contributed by atoms with Gasteiger partial charge in [-0.2, -0.15) is 0 Å². The average Bonchev–Trinajstić information content (AvgIpc) is 2.66. The number of rotatable bonds is 17. The fourth-order valence-electron chi connectivity index (χ4n) is 6.37. The molecule has 0 aromatic heterocycles. The lowest BCUT2D eigenvalue weighted by molar-refractivity contribution is 0.243. The van der Waals surface area contributed by atoms with Crippen molar-refractivity contribution in [3.8, 4) is 0 Å². The first-order valence-corrected chi connectivity index (χ1v) is 16.5. The van der Waals surface area contributed by atoms with Crippen LogP contribution in [-0.4, -0.2) is 0 Å². The van der Waals surface area contributed by atoms with Gasteiger partial charge in [-0.3, -0.25) is 0 Å². The molecule has 0 N–H and O–H groups in total. The van der Waals surface area contributed by atoms with Gasteiger partial charge in [0.15, 0.2) is 0 Å². The maximum atomic E-state index is 2.46. The zero-order valence-electron chi connectivity index (χ0n) is 28.8. The Labute approximate surface area is 234 Å². The number of hydrogen-bond acceptors (Lipinski definition) is 0. The topological polar surface area (TPSA) is 0 Å². The fourth-order valence-corrected chi connectivity index (χ4v) is 6.37. The van der Waals surface area contributed by atoms with Crippen molar-refractivity contribution in [2.75, 3.05) is 0 Å². The molecule has 222 valence electrons. The second-order valence-corrected chi connectivity index (χ2v) is 14.9. The van der Waals surface area contributed by atoms with E-state index in [0.29, 0.717) is 0 Å². The Hall–Kier alpha value is 0. The van der Waals surface area contributed by atoms with Crippen LogP contribution in [0.15, 0.2) is 0 Å². The van der Waals surface area contributed by atoms with Gasteiger partial charge in [0.25, 0.3) is 0 Å². The molecule has 0 saturated carbocycles. The molecule has 0 amide bonds. The molecule has 6 unspecified atom stereocenters. The monoisotopic (exact) mass is 511 g/mol. The fraction of sp³-hybridized carbons (Fsp3) is 1.00. The highest BCUT2D eigenvalue weighted by Crippen LogP contribution is 2.30. The second-order valence-electron chi connectivity index (χ2n) is 14.9. The van der Waals surface area contributed by atoms with Crippen LogP contribution < -0.4 is 0 Å². The van der Waals surface area contributed by atoms with E-state index in [-0.39, 0.29) is 0 Å². The van der Waals surface area contributed by atoms with Gasteiger partial charge in [0.2, 0.25) is 0 Å². The highest BCUT2D eigenvalue weighted by atomic mass is 14.2. The van der Waals surface area contributed by atoms with Gasteiger partial charge >= 0.3 is 0 Å². The summed E-state index contributed by atoms with van der Waals surface area (Å²) < 4.78 is 0. The summed E-state index contributed by atoms with van der Waals surface area (Å²) >= 11 is 0. The molecule has 0 aliphatic rings. The summed E-state index contributed by atoms with van der Waals surface area (Å²) in [6, 6.07) is 0. The third-order valence-electron chi connectivity index (χ3n) is 7.58. The van der Waals surface area contributed by atoms with Crippen molar-refractivity contribution in [1.82, 2.24) is 0 Å². The van der Waals surface area contributed by atoms with Crippen molar-refractivity contribution in [3.63, 3.8) is 0 Å². The van der Waals surface area contributed by atoms with Crippen LogP contribution in [0.4, 0.5) is 0 Å². The van der Waals surface area contributed by atoms with Crippen LogP contribution in [-0.2, 0) is 0 Å². The largest absolute Gasteiger partial charge is 0.0654 e. The molecule has 0 aromatic carbocycles. The van der Waals surface area contributed by atoms with Gasteiger partial charge in [0.1, 0.15) is 0 Å². The van der Waals surface area contributed by atoms with Crippen LogP contribution in [0.2, 0.25) is 0 Å². The first-order valence-electron chi connectivity index (χ1n) is 16.5. The molecule has 0 aliphatic carbocycles. The molecule has 0 bridgehead atoms. The molecule has 0 heteroatoms. The molecular formula is C36H78. The quantitative estimate of drug-likeness (QED) is 0.182. The summed E-state index contributed by atoms with van der Waals surface area (Å²) in [7, 11) is 0. The summed E-state index contributed by atoms with van der Waals surface area (Å²) in [6.45, 7) is 37.6. The summed E-state index contributed by atoms with van der Waals surface area (Å²) in [5, 5.41) is 0. The van der Waals surface area contributed by atoms with Gasteiger partial charge in [-0.1, -0.05) is 136 Å². The molecule has 36 heavy (non-hydrogen) atoms. The standard InChI is InChI=1S/C18H38.2C9H20/c1-13(2)9-15(5)11-17(7)18(8)12-16(6)10-14(3)4;2*1-5-6-9(4)7-8(2)3/h13-18H,9-12H2,1-8H3;2*8-9H,5-7H2,1-4H3. The zero-order valence-corrected chi connectivity index (χ0v) is 28.8. The van der Waals surface area contributed by atoms with Crippen LogP contribution >= 0.6 is 0 Å². The van der Waals surface area contributed by atoms with E-state index >= 15 is 0 Å². The van der Waals surface area contributed by atoms with Crippen molar-refractivity contribution in [1.29, 1.82) is 0 Å². The summed E-state index contributed by atoms with van der Waals surface area (Å²) in [4.78, 5) is 0. The highest BCUT2D eigenvalue weighted by molar-refractivity contribution is 4.70. The van der Waals surface area contributed by atoms with Crippen molar-refractivity contribution < 1.29 is 0 Å². The Kier molecular flexibility index (Phi) is 28.4. The molecular weight excluding hydrogens is 432 g/mol. The van der Waals surface area contributed by atoms with E-state index in [4.69, 9.17) is 0 Å². The molecule has 0 saturated heterocycles. The molecule has 0 radical (unpaired) electrons. The van der Waals surface area contributed by atoms with Crippen LogP contribution in [0.1, 0.15) is 175 Å². The van der Waals surface area contributed by atoms with Gasteiger partial charge < -0.3 is 0 Å². The van der Waals surface area contributed by atoms with Gasteiger partial charge in [-0.25, -0.2) is 0 Å². The first-order chi connectivity index (χ1) is 16.5. The first kappa shape index (κ1) is 40.5. The maximum Gasteiger partial charge on any atom is -0.0414 e. The van der Waals surface area contributed by atoms with Crippen LogP contribution in [0, 0.1) is 59.2 Å². The Morgan fingerprint density at radius 3 is 0.722 bits per heavy atom. The molecule has 0 nitrogen and oxygen atoms in total. The van der Waals surface area contributed by atoms with Crippen molar-refractivity contribution in [3.05, 3.63) is 0 Å². The SMILES string of the molecule is CC(C)CC(C)CC(C)C(C)CC(C)CC(C)C.CCCC(C)CC(C)C.CCCC(C)CC(C)C. The molecule has 0 aromatic rings. The minimum atomic E-state index is 0.849. The molecule has 6 atom stereocenters. The third kappa shape index (κ3) is 32.0. The van der Waals surface area contributed by atoms with E-state index in [1.54, 1.807) is 0 Å². The Balaban J connectivity index is -0.000000507. The predicted octanol–water partition coefficient (Wildman–Crippen LogP) is 13.3. The van der Waals surface area contributed by atoms with E-state index in [0.717, 1.165) is 59.2 Å². The van der Waals surface area contributed by atoms with Gasteiger partial charge in [-0.15, -0.1) is 0 Å². The van der Waals surface area contributed by atoms with E-state index in [2.05, 4.69) is 111 Å². The second kappa shape index (κ2) is 25.3. The Bertz CT molecular complexity index is 378.